The second kappa shape index (κ2) is 10.7. The molecule has 0 saturated carbocycles. The molecule has 0 radical (unpaired) electrons. The molecule has 0 bridgehead atoms. The van der Waals surface area contributed by atoms with Crippen molar-refractivity contribution in [2.75, 3.05) is 27.9 Å². The third-order valence-electron chi connectivity index (χ3n) is 4.00. The van der Waals surface area contributed by atoms with Gasteiger partial charge in [0.1, 0.15) is 0 Å². The molecule has 2 aromatic carbocycles. The summed E-state index contributed by atoms with van der Waals surface area (Å²) in [6, 6.07) is 13.4. The van der Waals surface area contributed by atoms with Gasteiger partial charge >= 0.3 is 0 Å². The highest BCUT2D eigenvalue weighted by molar-refractivity contribution is 5.79. The van der Waals surface area contributed by atoms with Crippen LogP contribution in [0.3, 0.4) is 0 Å². The lowest BCUT2D eigenvalue weighted by atomic mass is 10.1. The molecular weight excluding hydrogens is 356 g/mol. The standard InChI is InChI=1S/C21H26N4O3/c1-5-23-21(24-13-16-8-6-7-15(9-16)12-22)25-14-17-10-18(26-2)20(28-4)19(11-17)27-3/h6-11H,5,13-14H2,1-4H3,(H2,23,24,25). The predicted octanol–water partition coefficient (Wildman–Crippen LogP) is 2.84. The van der Waals surface area contributed by atoms with Gasteiger partial charge in [-0.15, -0.1) is 0 Å². The molecule has 0 aliphatic rings. The Morgan fingerprint density at radius 3 is 2.29 bits per heavy atom. The summed E-state index contributed by atoms with van der Waals surface area (Å²) in [6.45, 7) is 3.74. The third kappa shape index (κ3) is 5.55. The van der Waals surface area contributed by atoms with Crippen molar-refractivity contribution in [1.82, 2.24) is 10.6 Å². The summed E-state index contributed by atoms with van der Waals surface area (Å²) >= 11 is 0. The van der Waals surface area contributed by atoms with Gasteiger partial charge in [0.25, 0.3) is 0 Å². The van der Waals surface area contributed by atoms with Gasteiger partial charge in [-0.2, -0.15) is 5.26 Å². The molecular formula is C21H26N4O3. The average molecular weight is 382 g/mol. The molecule has 0 fully saturated rings. The number of nitrogens with one attached hydrogen (secondary N) is 2. The zero-order valence-electron chi connectivity index (χ0n) is 16.7. The van der Waals surface area contributed by atoms with Gasteiger partial charge < -0.3 is 24.8 Å². The molecule has 0 saturated heterocycles. The number of aliphatic imine (C=N–C) groups is 1. The first kappa shape index (κ1) is 20.9. The van der Waals surface area contributed by atoms with Gasteiger partial charge in [-0.3, -0.25) is 0 Å². The van der Waals surface area contributed by atoms with Crippen molar-refractivity contribution in [1.29, 1.82) is 5.26 Å². The molecule has 28 heavy (non-hydrogen) atoms. The van der Waals surface area contributed by atoms with Gasteiger partial charge in [-0.25, -0.2) is 4.99 Å². The molecule has 2 aromatic rings. The van der Waals surface area contributed by atoms with Gasteiger partial charge in [0, 0.05) is 13.1 Å². The Bertz CT molecular complexity index is 834. The van der Waals surface area contributed by atoms with Crippen molar-refractivity contribution in [3.8, 4) is 23.3 Å². The van der Waals surface area contributed by atoms with Crippen molar-refractivity contribution in [3.05, 3.63) is 53.1 Å². The van der Waals surface area contributed by atoms with E-state index in [1.165, 1.54) is 0 Å². The monoisotopic (exact) mass is 382 g/mol. The van der Waals surface area contributed by atoms with Gasteiger partial charge in [0.05, 0.1) is 39.5 Å². The van der Waals surface area contributed by atoms with Crippen LogP contribution >= 0.6 is 0 Å². The number of hydrogen-bond acceptors (Lipinski definition) is 5. The number of hydrogen-bond donors (Lipinski definition) is 2. The zero-order valence-corrected chi connectivity index (χ0v) is 16.7. The summed E-state index contributed by atoms with van der Waals surface area (Å²) in [6.07, 6.45) is 0. The van der Waals surface area contributed by atoms with Crippen LogP contribution in [0.1, 0.15) is 23.6 Å². The van der Waals surface area contributed by atoms with Crippen LogP contribution < -0.4 is 24.8 Å². The smallest absolute Gasteiger partial charge is 0.203 e. The van der Waals surface area contributed by atoms with E-state index >= 15 is 0 Å². The maximum Gasteiger partial charge on any atom is 0.203 e. The summed E-state index contributed by atoms with van der Waals surface area (Å²) in [4.78, 5) is 4.63. The molecule has 0 amide bonds. The fourth-order valence-corrected chi connectivity index (χ4v) is 2.68. The average Bonchev–Trinajstić information content (AvgIpc) is 2.74. The summed E-state index contributed by atoms with van der Waals surface area (Å²) in [5.74, 6) is 2.43. The van der Waals surface area contributed by atoms with Crippen molar-refractivity contribution >= 4 is 5.96 Å². The summed E-state index contributed by atoms with van der Waals surface area (Å²) < 4.78 is 16.1. The Labute approximate surface area is 166 Å². The highest BCUT2D eigenvalue weighted by atomic mass is 16.5. The highest BCUT2D eigenvalue weighted by Crippen LogP contribution is 2.38. The maximum absolute atomic E-state index is 9.02. The van der Waals surface area contributed by atoms with Gasteiger partial charge in [-0.1, -0.05) is 12.1 Å². The summed E-state index contributed by atoms with van der Waals surface area (Å²) in [7, 11) is 4.75. The number of guanidine groups is 1. The van der Waals surface area contributed by atoms with Gasteiger partial charge in [-0.05, 0) is 42.3 Å². The molecule has 0 spiro atoms. The van der Waals surface area contributed by atoms with Gasteiger partial charge in [0.2, 0.25) is 5.75 Å². The number of nitriles is 1. The quantitative estimate of drug-likeness (QED) is 0.539. The minimum atomic E-state index is 0.435. The van der Waals surface area contributed by atoms with Crippen LogP contribution in [0.2, 0.25) is 0 Å². The van der Waals surface area contributed by atoms with E-state index in [0.29, 0.717) is 41.9 Å². The van der Waals surface area contributed by atoms with Crippen molar-refractivity contribution in [2.24, 2.45) is 4.99 Å². The predicted molar refractivity (Wildman–Crippen MR) is 109 cm³/mol. The van der Waals surface area contributed by atoms with E-state index < -0.39 is 0 Å². The number of nitrogens with zero attached hydrogens (tertiary/aromatic N) is 2. The topological polar surface area (TPSA) is 87.9 Å². The first-order valence-corrected chi connectivity index (χ1v) is 8.95. The van der Waals surface area contributed by atoms with Crippen LogP contribution in [-0.2, 0) is 13.1 Å². The van der Waals surface area contributed by atoms with E-state index in [1.54, 1.807) is 27.4 Å². The van der Waals surface area contributed by atoms with Crippen molar-refractivity contribution < 1.29 is 14.2 Å². The molecule has 148 valence electrons. The number of benzene rings is 2. The molecule has 2 rings (SSSR count). The Morgan fingerprint density at radius 2 is 1.71 bits per heavy atom. The largest absolute Gasteiger partial charge is 0.493 e. The molecule has 2 N–H and O–H groups in total. The molecule has 0 heterocycles. The Hall–Kier alpha value is -3.40. The van der Waals surface area contributed by atoms with Gasteiger partial charge in [0.15, 0.2) is 17.5 Å². The first-order valence-electron chi connectivity index (χ1n) is 8.95. The Kier molecular flexibility index (Phi) is 7.97. The van der Waals surface area contributed by atoms with Crippen LogP contribution in [0, 0.1) is 11.3 Å². The number of rotatable bonds is 8. The normalized spacial score (nSPS) is 10.8. The SMILES string of the molecule is CCNC(=NCc1cc(OC)c(OC)c(OC)c1)NCc1cccc(C#N)c1. The molecule has 0 aliphatic carbocycles. The molecule has 0 aliphatic heterocycles. The first-order chi connectivity index (χ1) is 13.6. The minimum absolute atomic E-state index is 0.435. The molecule has 0 unspecified atom stereocenters. The zero-order chi connectivity index (χ0) is 20.4. The number of methoxy groups -OCH3 is 3. The Balaban J connectivity index is 2.14. The fourth-order valence-electron chi connectivity index (χ4n) is 2.68. The van der Waals surface area contributed by atoms with E-state index in [9.17, 15) is 0 Å². The van der Waals surface area contributed by atoms with Crippen LogP contribution in [0.5, 0.6) is 17.2 Å². The molecule has 7 heteroatoms. The molecule has 0 atom stereocenters. The van der Waals surface area contributed by atoms with E-state index in [4.69, 9.17) is 19.5 Å². The van der Waals surface area contributed by atoms with Crippen LogP contribution in [-0.4, -0.2) is 33.8 Å². The lowest BCUT2D eigenvalue weighted by Crippen LogP contribution is -2.36. The van der Waals surface area contributed by atoms with Crippen molar-refractivity contribution in [3.63, 3.8) is 0 Å². The van der Waals surface area contributed by atoms with Crippen molar-refractivity contribution in [2.45, 2.75) is 20.0 Å². The van der Waals surface area contributed by atoms with Crippen LogP contribution in [0.4, 0.5) is 0 Å². The summed E-state index contributed by atoms with van der Waals surface area (Å²) in [5, 5.41) is 15.5. The number of ether oxygens (including phenoxy) is 3. The van der Waals surface area contributed by atoms with E-state index in [-0.39, 0.29) is 0 Å². The lowest BCUT2D eigenvalue weighted by molar-refractivity contribution is 0.324. The lowest BCUT2D eigenvalue weighted by Gasteiger charge is -2.14. The third-order valence-corrected chi connectivity index (χ3v) is 4.00. The van der Waals surface area contributed by atoms with Crippen LogP contribution in [0.25, 0.3) is 0 Å². The second-order valence-electron chi connectivity index (χ2n) is 5.89. The Morgan fingerprint density at radius 1 is 1.00 bits per heavy atom. The van der Waals surface area contributed by atoms with E-state index in [0.717, 1.165) is 17.7 Å². The van der Waals surface area contributed by atoms with E-state index in [2.05, 4.69) is 21.7 Å². The highest BCUT2D eigenvalue weighted by Gasteiger charge is 2.13. The van der Waals surface area contributed by atoms with Crippen LogP contribution in [0.15, 0.2) is 41.4 Å². The second-order valence-corrected chi connectivity index (χ2v) is 5.89. The molecule has 7 nitrogen and oxygen atoms in total. The summed E-state index contributed by atoms with van der Waals surface area (Å²) in [5.41, 5.74) is 2.58. The van der Waals surface area contributed by atoms with E-state index in [1.807, 2.05) is 37.3 Å². The maximum atomic E-state index is 9.02. The fraction of sp³-hybridized carbons (Fsp3) is 0.333. The minimum Gasteiger partial charge on any atom is -0.493 e. The molecule has 0 aromatic heterocycles.